The van der Waals surface area contributed by atoms with E-state index in [-0.39, 0.29) is 10.8 Å². The Hall–Kier alpha value is -1.30. The second kappa shape index (κ2) is 6.75. The van der Waals surface area contributed by atoms with Crippen molar-refractivity contribution in [2.75, 3.05) is 6.61 Å². The number of thiophene rings is 1. The summed E-state index contributed by atoms with van der Waals surface area (Å²) < 4.78 is 18.7. The van der Waals surface area contributed by atoms with Gasteiger partial charge in [-0.1, -0.05) is 24.4 Å². The highest BCUT2D eigenvalue weighted by Crippen LogP contribution is 2.14. The largest absolute Gasteiger partial charge is 0.389 e. The van der Waals surface area contributed by atoms with Crippen LogP contribution in [0.15, 0.2) is 35.7 Å². The molecule has 1 heterocycles. The highest BCUT2D eigenvalue weighted by atomic mass is 32.1. The first kappa shape index (κ1) is 14.1. The van der Waals surface area contributed by atoms with Crippen molar-refractivity contribution in [1.29, 1.82) is 0 Å². The maximum absolute atomic E-state index is 13.1. The van der Waals surface area contributed by atoms with Crippen LogP contribution in [-0.4, -0.2) is 11.6 Å². The van der Waals surface area contributed by atoms with Crippen molar-refractivity contribution in [1.82, 2.24) is 0 Å². The van der Waals surface area contributed by atoms with Gasteiger partial charge in [-0.3, -0.25) is 0 Å². The molecule has 0 radical (unpaired) electrons. The molecule has 0 saturated heterocycles. The van der Waals surface area contributed by atoms with Gasteiger partial charge in [0.2, 0.25) is 0 Å². The van der Waals surface area contributed by atoms with Crippen LogP contribution in [0, 0.1) is 5.82 Å². The van der Waals surface area contributed by atoms with Crippen LogP contribution in [-0.2, 0) is 17.8 Å². The molecule has 0 bridgehead atoms. The summed E-state index contributed by atoms with van der Waals surface area (Å²) in [6.45, 7) is 1.01. The molecule has 1 aromatic carbocycles. The first-order valence-electron chi connectivity index (χ1n) is 5.85. The van der Waals surface area contributed by atoms with Crippen molar-refractivity contribution in [2.45, 2.75) is 13.0 Å². The van der Waals surface area contributed by atoms with Crippen LogP contribution in [0.4, 0.5) is 4.39 Å². The van der Waals surface area contributed by atoms with Gasteiger partial charge in [0, 0.05) is 16.9 Å². The summed E-state index contributed by atoms with van der Waals surface area (Å²) in [7, 11) is 0. The zero-order chi connectivity index (χ0) is 13.7. The quantitative estimate of drug-likeness (QED) is 0.656. The molecule has 0 aliphatic heterocycles. The molecule has 2 nitrogen and oxygen atoms in total. The van der Waals surface area contributed by atoms with Crippen LogP contribution in [0.25, 0.3) is 0 Å². The summed E-state index contributed by atoms with van der Waals surface area (Å²) in [6, 6.07) is 8.49. The van der Waals surface area contributed by atoms with E-state index in [1.165, 1.54) is 17.0 Å². The third-order valence-electron chi connectivity index (χ3n) is 2.67. The smallest absolute Gasteiger partial charge is 0.123 e. The van der Waals surface area contributed by atoms with Gasteiger partial charge in [-0.25, -0.2) is 4.39 Å². The SMILES string of the molecule is NC(=S)c1cc(F)ccc1COCCc1cccs1. The molecule has 2 N–H and O–H groups in total. The fourth-order valence-electron chi connectivity index (χ4n) is 1.71. The van der Waals surface area contributed by atoms with Crippen LogP contribution in [0.3, 0.4) is 0 Å². The number of halogens is 1. The predicted molar refractivity (Wildman–Crippen MR) is 80.0 cm³/mol. The standard InChI is InChI=1S/C14H14FNOS2/c15-11-4-3-10(13(8-11)14(16)18)9-17-6-5-12-2-1-7-19-12/h1-4,7-8H,5-6,9H2,(H2,16,18). The lowest BCUT2D eigenvalue weighted by molar-refractivity contribution is 0.124. The monoisotopic (exact) mass is 295 g/mol. The van der Waals surface area contributed by atoms with Gasteiger partial charge in [-0.2, -0.15) is 0 Å². The van der Waals surface area contributed by atoms with E-state index in [9.17, 15) is 4.39 Å². The highest BCUT2D eigenvalue weighted by molar-refractivity contribution is 7.80. The van der Waals surface area contributed by atoms with Crippen LogP contribution in [0.2, 0.25) is 0 Å². The summed E-state index contributed by atoms with van der Waals surface area (Å²) in [5.74, 6) is -0.342. The Kier molecular flexibility index (Phi) is 5.01. The molecule has 0 unspecified atom stereocenters. The maximum Gasteiger partial charge on any atom is 0.123 e. The molecule has 0 aliphatic rings. The lowest BCUT2D eigenvalue weighted by Gasteiger charge is -2.09. The number of nitrogens with two attached hydrogens (primary N) is 1. The molecule has 0 saturated carbocycles. The number of hydrogen-bond donors (Lipinski definition) is 1. The molecule has 0 spiro atoms. The molecule has 100 valence electrons. The van der Waals surface area contributed by atoms with E-state index < -0.39 is 0 Å². The van der Waals surface area contributed by atoms with Gasteiger partial charge >= 0.3 is 0 Å². The zero-order valence-corrected chi connectivity index (χ0v) is 11.9. The summed E-state index contributed by atoms with van der Waals surface area (Å²) >= 11 is 6.62. The van der Waals surface area contributed by atoms with E-state index in [1.54, 1.807) is 17.4 Å². The summed E-state index contributed by atoms with van der Waals surface area (Å²) in [4.78, 5) is 1.48. The average Bonchev–Trinajstić information content (AvgIpc) is 2.89. The van der Waals surface area contributed by atoms with E-state index in [4.69, 9.17) is 22.7 Å². The van der Waals surface area contributed by atoms with Gasteiger partial charge in [-0.05, 0) is 29.1 Å². The number of benzene rings is 1. The fraction of sp³-hybridized carbons (Fsp3) is 0.214. The molecule has 2 rings (SSSR count). The van der Waals surface area contributed by atoms with Crippen molar-refractivity contribution in [3.05, 3.63) is 57.5 Å². The molecule has 0 fully saturated rings. The summed E-state index contributed by atoms with van der Waals surface area (Å²) in [5.41, 5.74) is 6.94. The normalized spacial score (nSPS) is 10.6. The molecule has 0 aliphatic carbocycles. The Morgan fingerprint density at radius 3 is 2.89 bits per heavy atom. The molecule has 2 aromatic rings. The molecule has 0 atom stereocenters. The van der Waals surface area contributed by atoms with Gasteiger partial charge in [0.05, 0.1) is 13.2 Å². The van der Waals surface area contributed by atoms with Gasteiger partial charge in [0.1, 0.15) is 10.8 Å². The molecular weight excluding hydrogens is 281 g/mol. The number of thiocarbonyl (C=S) groups is 1. The third kappa shape index (κ3) is 4.09. The molecule has 19 heavy (non-hydrogen) atoms. The summed E-state index contributed by atoms with van der Waals surface area (Å²) in [5, 5.41) is 2.04. The molecule has 5 heteroatoms. The van der Waals surface area contributed by atoms with Gasteiger partial charge in [0.15, 0.2) is 0 Å². The minimum Gasteiger partial charge on any atom is -0.389 e. The van der Waals surface area contributed by atoms with Gasteiger partial charge in [-0.15, -0.1) is 11.3 Å². The Bertz CT molecular complexity index is 555. The molecule has 0 amide bonds. The average molecular weight is 295 g/mol. The van der Waals surface area contributed by atoms with Gasteiger partial charge in [0.25, 0.3) is 0 Å². The number of rotatable bonds is 6. The number of ether oxygens (including phenoxy) is 1. The van der Waals surface area contributed by atoms with Crippen LogP contribution in [0.5, 0.6) is 0 Å². The van der Waals surface area contributed by atoms with Crippen LogP contribution in [0.1, 0.15) is 16.0 Å². The van der Waals surface area contributed by atoms with E-state index in [0.29, 0.717) is 18.8 Å². The zero-order valence-electron chi connectivity index (χ0n) is 10.3. The molecular formula is C14H14FNOS2. The lowest BCUT2D eigenvalue weighted by atomic mass is 10.1. The minimum atomic E-state index is -0.342. The van der Waals surface area contributed by atoms with Gasteiger partial charge < -0.3 is 10.5 Å². The number of hydrogen-bond acceptors (Lipinski definition) is 3. The second-order valence-corrected chi connectivity index (χ2v) is 5.52. The van der Waals surface area contributed by atoms with Crippen LogP contribution < -0.4 is 5.73 Å². The Labute approximate surface area is 121 Å². The first-order chi connectivity index (χ1) is 9.16. The fourth-order valence-corrected chi connectivity index (χ4v) is 2.59. The lowest BCUT2D eigenvalue weighted by Crippen LogP contribution is -2.13. The highest BCUT2D eigenvalue weighted by Gasteiger charge is 2.07. The summed E-state index contributed by atoms with van der Waals surface area (Å²) in [6.07, 6.45) is 0.876. The van der Waals surface area contributed by atoms with E-state index >= 15 is 0 Å². The van der Waals surface area contributed by atoms with Crippen molar-refractivity contribution in [3.63, 3.8) is 0 Å². The molecule has 1 aromatic heterocycles. The van der Waals surface area contributed by atoms with Crippen molar-refractivity contribution < 1.29 is 9.13 Å². The minimum absolute atomic E-state index is 0.191. The maximum atomic E-state index is 13.1. The second-order valence-electron chi connectivity index (χ2n) is 4.05. The topological polar surface area (TPSA) is 35.2 Å². The Morgan fingerprint density at radius 1 is 1.37 bits per heavy atom. The predicted octanol–water partition coefficient (Wildman–Crippen LogP) is 3.28. The van der Waals surface area contributed by atoms with E-state index in [2.05, 4.69) is 6.07 Å². The van der Waals surface area contributed by atoms with Crippen molar-refractivity contribution in [2.24, 2.45) is 5.73 Å². The Balaban J connectivity index is 1.90. The van der Waals surface area contributed by atoms with Crippen LogP contribution >= 0.6 is 23.6 Å². The van der Waals surface area contributed by atoms with Crippen molar-refractivity contribution in [3.8, 4) is 0 Å². The first-order valence-corrected chi connectivity index (χ1v) is 7.14. The Morgan fingerprint density at radius 2 is 2.21 bits per heavy atom. The van der Waals surface area contributed by atoms with E-state index in [1.807, 2.05) is 11.4 Å². The third-order valence-corrected chi connectivity index (χ3v) is 3.82. The van der Waals surface area contributed by atoms with Crippen molar-refractivity contribution >= 4 is 28.5 Å². The van der Waals surface area contributed by atoms with E-state index in [0.717, 1.165) is 12.0 Å².